The zero-order valence-corrected chi connectivity index (χ0v) is 12.8. The van der Waals surface area contributed by atoms with Gasteiger partial charge in [-0.2, -0.15) is 9.61 Å². The lowest BCUT2D eigenvalue weighted by Gasteiger charge is -2.19. The van der Waals surface area contributed by atoms with E-state index in [2.05, 4.69) is 34.5 Å². The lowest BCUT2D eigenvalue weighted by atomic mass is 10.00. The van der Waals surface area contributed by atoms with Crippen LogP contribution >= 0.6 is 11.3 Å². The maximum Gasteiger partial charge on any atom is 0.234 e. The van der Waals surface area contributed by atoms with Crippen molar-refractivity contribution in [3.63, 3.8) is 0 Å². The van der Waals surface area contributed by atoms with Gasteiger partial charge in [0.25, 0.3) is 0 Å². The Balaban J connectivity index is 1.72. The van der Waals surface area contributed by atoms with Gasteiger partial charge in [0.2, 0.25) is 4.96 Å². The first-order chi connectivity index (χ1) is 9.74. The molecule has 0 aromatic carbocycles. The predicted molar refractivity (Wildman–Crippen MR) is 78.0 cm³/mol. The molecule has 2 aromatic rings. The summed E-state index contributed by atoms with van der Waals surface area (Å²) in [6.45, 7) is 7.84. The van der Waals surface area contributed by atoms with Crippen LogP contribution in [0, 0.1) is 5.92 Å². The number of hydrogen-bond acceptors (Lipinski definition) is 6. The second-order valence-electron chi connectivity index (χ2n) is 5.66. The second-order valence-corrected chi connectivity index (χ2v) is 6.70. The van der Waals surface area contributed by atoms with Gasteiger partial charge in [-0.1, -0.05) is 25.2 Å². The third-order valence-corrected chi connectivity index (χ3v) is 4.37. The smallest absolute Gasteiger partial charge is 0.234 e. The predicted octanol–water partition coefficient (Wildman–Crippen LogP) is 1.83. The third kappa shape index (κ3) is 2.99. The quantitative estimate of drug-likeness (QED) is 0.911. The number of nitrogens with one attached hydrogen (secondary N) is 1. The van der Waals surface area contributed by atoms with E-state index in [4.69, 9.17) is 4.74 Å². The number of nitrogens with zero attached hydrogens (tertiary/aromatic N) is 4. The summed E-state index contributed by atoms with van der Waals surface area (Å²) >= 11 is 1.62. The van der Waals surface area contributed by atoms with Crippen molar-refractivity contribution in [2.45, 2.75) is 39.2 Å². The molecule has 0 aliphatic carbocycles. The molecule has 0 bridgehead atoms. The van der Waals surface area contributed by atoms with E-state index in [1.54, 1.807) is 11.3 Å². The van der Waals surface area contributed by atoms with Crippen LogP contribution in [0.2, 0.25) is 0 Å². The Bertz CT molecular complexity index is 558. The molecular formula is C13H21N5OS. The van der Waals surface area contributed by atoms with Crippen LogP contribution in [0.1, 0.15) is 43.4 Å². The topological polar surface area (TPSA) is 64.3 Å². The van der Waals surface area contributed by atoms with Gasteiger partial charge in [-0.15, -0.1) is 10.2 Å². The van der Waals surface area contributed by atoms with E-state index in [0.29, 0.717) is 11.8 Å². The highest BCUT2D eigenvalue weighted by molar-refractivity contribution is 7.16. The molecule has 20 heavy (non-hydrogen) atoms. The first kappa shape index (κ1) is 13.9. The minimum absolute atomic E-state index is 0.428. The van der Waals surface area contributed by atoms with E-state index in [-0.39, 0.29) is 0 Å². The first-order valence-corrected chi connectivity index (χ1v) is 8.05. The first-order valence-electron chi connectivity index (χ1n) is 7.23. The molecule has 1 N–H and O–H groups in total. The molecule has 1 fully saturated rings. The monoisotopic (exact) mass is 295 g/mol. The van der Waals surface area contributed by atoms with E-state index < -0.39 is 0 Å². The summed E-state index contributed by atoms with van der Waals surface area (Å²) in [5.74, 6) is 2.07. The fourth-order valence-electron chi connectivity index (χ4n) is 2.42. The largest absolute Gasteiger partial charge is 0.381 e. The molecule has 0 spiro atoms. The number of fused-ring (bicyclic) bond motifs is 1. The molecular weight excluding hydrogens is 274 g/mol. The molecule has 2 aromatic heterocycles. The minimum Gasteiger partial charge on any atom is -0.381 e. The lowest BCUT2D eigenvalue weighted by molar-refractivity contribution is 0.0831. The van der Waals surface area contributed by atoms with E-state index in [0.717, 1.165) is 54.9 Å². The Morgan fingerprint density at radius 1 is 1.35 bits per heavy atom. The van der Waals surface area contributed by atoms with Crippen molar-refractivity contribution >= 4 is 16.3 Å². The summed E-state index contributed by atoms with van der Waals surface area (Å²) in [5, 5.41) is 17.7. The van der Waals surface area contributed by atoms with Crippen LogP contribution in [0.3, 0.4) is 0 Å². The zero-order valence-electron chi connectivity index (χ0n) is 12.0. The number of rotatable bonds is 5. The Hall–Kier alpha value is -1.05. The van der Waals surface area contributed by atoms with Gasteiger partial charge in [-0.05, 0) is 25.3 Å². The van der Waals surface area contributed by atoms with Crippen LogP contribution in [0.5, 0.6) is 0 Å². The Morgan fingerprint density at radius 2 is 2.15 bits per heavy atom. The summed E-state index contributed by atoms with van der Waals surface area (Å²) in [6.07, 6.45) is 2.03. The maximum atomic E-state index is 5.41. The van der Waals surface area contributed by atoms with E-state index in [1.807, 2.05) is 4.52 Å². The maximum absolute atomic E-state index is 5.41. The van der Waals surface area contributed by atoms with Gasteiger partial charge in [0.15, 0.2) is 5.82 Å². The number of aromatic nitrogens is 4. The Kier molecular flexibility index (Phi) is 4.28. The van der Waals surface area contributed by atoms with Crippen LogP contribution in [0.15, 0.2) is 0 Å². The van der Waals surface area contributed by atoms with Crippen LogP contribution in [-0.4, -0.2) is 39.6 Å². The van der Waals surface area contributed by atoms with Crippen molar-refractivity contribution in [1.29, 1.82) is 0 Å². The molecule has 0 radical (unpaired) electrons. The van der Waals surface area contributed by atoms with Gasteiger partial charge in [-0.25, -0.2) is 0 Å². The zero-order chi connectivity index (χ0) is 13.9. The summed E-state index contributed by atoms with van der Waals surface area (Å²) < 4.78 is 7.33. The van der Waals surface area contributed by atoms with Crippen molar-refractivity contribution in [2.24, 2.45) is 5.92 Å². The SMILES string of the molecule is CC(C)CNCc1nn2c(C3CCOCC3)nnc2s1. The molecule has 3 heterocycles. The molecule has 0 atom stereocenters. The van der Waals surface area contributed by atoms with Gasteiger partial charge >= 0.3 is 0 Å². The number of ether oxygens (including phenoxy) is 1. The van der Waals surface area contributed by atoms with Gasteiger partial charge in [0, 0.05) is 25.7 Å². The minimum atomic E-state index is 0.428. The van der Waals surface area contributed by atoms with Gasteiger partial charge < -0.3 is 10.1 Å². The Labute approximate surface area is 122 Å². The van der Waals surface area contributed by atoms with Crippen molar-refractivity contribution in [1.82, 2.24) is 25.1 Å². The van der Waals surface area contributed by atoms with Crippen LogP contribution < -0.4 is 5.32 Å². The molecule has 0 unspecified atom stereocenters. The highest BCUT2D eigenvalue weighted by Gasteiger charge is 2.23. The Morgan fingerprint density at radius 3 is 2.90 bits per heavy atom. The molecule has 0 amide bonds. The molecule has 110 valence electrons. The molecule has 1 aliphatic heterocycles. The fraction of sp³-hybridized carbons (Fsp3) is 0.769. The highest BCUT2D eigenvalue weighted by Crippen LogP contribution is 2.26. The van der Waals surface area contributed by atoms with Crippen molar-refractivity contribution < 1.29 is 4.74 Å². The molecule has 1 saturated heterocycles. The second kappa shape index (κ2) is 6.15. The van der Waals surface area contributed by atoms with E-state index in [1.165, 1.54) is 0 Å². The van der Waals surface area contributed by atoms with Crippen LogP contribution in [0.4, 0.5) is 0 Å². The molecule has 6 nitrogen and oxygen atoms in total. The van der Waals surface area contributed by atoms with E-state index in [9.17, 15) is 0 Å². The average molecular weight is 295 g/mol. The number of hydrogen-bond donors (Lipinski definition) is 1. The van der Waals surface area contributed by atoms with E-state index >= 15 is 0 Å². The summed E-state index contributed by atoms with van der Waals surface area (Å²) in [7, 11) is 0. The molecule has 3 rings (SSSR count). The summed E-state index contributed by atoms with van der Waals surface area (Å²) in [6, 6.07) is 0. The van der Waals surface area contributed by atoms with Crippen LogP contribution in [-0.2, 0) is 11.3 Å². The summed E-state index contributed by atoms with van der Waals surface area (Å²) in [4.78, 5) is 0.896. The lowest BCUT2D eigenvalue weighted by Crippen LogP contribution is -2.19. The normalized spacial score (nSPS) is 17.4. The van der Waals surface area contributed by atoms with Crippen molar-refractivity contribution in [3.05, 3.63) is 10.8 Å². The van der Waals surface area contributed by atoms with Crippen LogP contribution in [0.25, 0.3) is 4.96 Å². The van der Waals surface area contributed by atoms with Gasteiger partial charge in [0.1, 0.15) is 5.01 Å². The average Bonchev–Trinajstić information content (AvgIpc) is 2.99. The molecule has 1 aliphatic rings. The fourth-order valence-corrected chi connectivity index (χ4v) is 3.23. The molecule has 7 heteroatoms. The van der Waals surface area contributed by atoms with Crippen molar-refractivity contribution in [2.75, 3.05) is 19.8 Å². The third-order valence-electron chi connectivity index (χ3n) is 3.47. The van der Waals surface area contributed by atoms with Gasteiger partial charge in [0.05, 0.1) is 0 Å². The highest BCUT2D eigenvalue weighted by atomic mass is 32.1. The summed E-state index contributed by atoms with van der Waals surface area (Å²) in [5.41, 5.74) is 0. The van der Waals surface area contributed by atoms with Gasteiger partial charge in [-0.3, -0.25) is 0 Å². The van der Waals surface area contributed by atoms with Crippen molar-refractivity contribution in [3.8, 4) is 0 Å². The molecule has 0 saturated carbocycles. The standard InChI is InChI=1S/C13H21N5OS/c1-9(2)7-14-8-11-17-18-12(15-16-13(18)20-11)10-3-5-19-6-4-10/h9-10,14H,3-8H2,1-2H3.